The van der Waals surface area contributed by atoms with Gasteiger partial charge in [-0.05, 0) is 25.7 Å². The van der Waals surface area contributed by atoms with E-state index in [9.17, 15) is 18.0 Å². The molecule has 0 aromatic heterocycles. The molecule has 0 bridgehead atoms. The zero-order valence-electron chi connectivity index (χ0n) is 13.1. The number of carbonyl (C=O) groups is 2. The molecule has 2 aliphatic rings. The van der Waals surface area contributed by atoms with Crippen LogP contribution in [0.2, 0.25) is 0 Å². The van der Waals surface area contributed by atoms with Gasteiger partial charge < -0.3 is 10.2 Å². The number of rotatable bonds is 6. The minimum atomic E-state index is -3.15. The highest BCUT2D eigenvalue weighted by atomic mass is 32.2. The Labute approximate surface area is 132 Å². The predicted molar refractivity (Wildman–Crippen MR) is 82.6 cm³/mol. The van der Waals surface area contributed by atoms with Crippen molar-refractivity contribution in [1.29, 1.82) is 0 Å². The highest BCUT2D eigenvalue weighted by Crippen LogP contribution is 2.19. The van der Waals surface area contributed by atoms with E-state index in [1.165, 1.54) is 10.6 Å². The second-order valence-electron chi connectivity index (χ2n) is 6.07. The Morgan fingerprint density at radius 2 is 1.95 bits per heavy atom. The van der Waals surface area contributed by atoms with Gasteiger partial charge in [0.05, 0.1) is 6.26 Å². The molecule has 0 aromatic carbocycles. The third-order valence-electron chi connectivity index (χ3n) is 4.37. The molecule has 126 valence electrons. The van der Waals surface area contributed by atoms with E-state index >= 15 is 0 Å². The maximum Gasteiger partial charge on any atom is 0.223 e. The molecule has 0 aromatic rings. The summed E-state index contributed by atoms with van der Waals surface area (Å²) in [5.41, 5.74) is 0. The van der Waals surface area contributed by atoms with Crippen LogP contribution in [0, 0.1) is 5.92 Å². The molecular weight excluding hydrogens is 306 g/mol. The minimum absolute atomic E-state index is 0.000833. The van der Waals surface area contributed by atoms with Gasteiger partial charge in [0, 0.05) is 45.1 Å². The fraction of sp³-hybridized carbons (Fsp3) is 0.857. The van der Waals surface area contributed by atoms with E-state index in [4.69, 9.17) is 0 Å². The molecule has 2 fully saturated rings. The standard InChI is InChI=1S/C14H25N3O4S/c1-22(20,21)17-10-5-12(6-11-17)14(19)15-7-3-9-16-8-2-4-13(16)18/h12H,2-11H2,1H3,(H,15,19). The SMILES string of the molecule is CS(=O)(=O)N1CCC(C(=O)NCCCN2CCCC2=O)CC1. The number of hydrogen-bond acceptors (Lipinski definition) is 4. The van der Waals surface area contributed by atoms with Crippen molar-refractivity contribution in [2.75, 3.05) is 39.0 Å². The second-order valence-corrected chi connectivity index (χ2v) is 8.05. The normalized spacial score (nSPS) is 21.3. The lowest BCUT2D eigenvalue weighted by molar-refractivity contribution is -0.127. The molecule has 0 unspecified atom stereocenters. The summed E-state index contributed by atoms with van der Waals surface area (Å²) in [6.07, 6.45) is 4.69. The third-order valence-corrected chi connectivity index (χ3v) is 5.67. The Hall–Kier alpha value is -1.15. The fourth-order valence-electron chi connectivity index (χ4n) is 3.02. The first-order chi connectivity index (χ1) is 10.4. The molecule has 22 heavy (non-hydrogen) atoms. The molecule has 0 atom stereocenters. The minimum Gasteiger partial charge on any atom is -0.356 e. The number of amides is 2. The zero-order valence-corrected chi connectivity index (χ0v) is 13.9. The van der Waals surface area contributed by atoms with Crippen LogP contribution in [-0.4, -0.2) is 68.4 Å². The number of nitrogens with one attached hydrogen (secondary N) is 1. The monoisotopic (exact) mass is 331 g/mol. The first-order valence-electron chi connectivity index (χ1n) is 7.88. The van der Waals surface area contributed by atoms with Gasteiger partial charge in [0.25, 0.3) is 0 Å². The van der Waals surface area contributed by atoms with Gasteiger partial charge >= 0.3 is 0 Å². The summed E-state index contributed by atoms with van der Waals surface area (Å²) in [7, 11) is -3.15. The average molecular weight is 331 g/mol. The van der Waals surface area contributed by atoms with Gasteiger partial charge in [-0.15, -0.1) is 0 Å². The van der Waals surface area contributed by atoms with Gasteiger partial charge in [0.15, 0.2) is 0 Å². The quantitative estimate of drug-likeness (QED) is 0.682. The number of piperidine rings is 1. The third kappa shape index (κ3) is 4.67. The van der Waals surface area contributed by atoms with Crippen LogP contribution in [0.5, 0.6) is 0 Å². The Kier molecular flexibility index (Phi) is 5.80. The van der Waals surface area contributed by atoms with Crippen molar-refractivity contribution in [1.82, 2.24) is 14.5 Å². The molecule has 7 nitrogen and oxygen atoms in total. The number of hydrogen-bond donors (Lipinski definition) is 1. The molecular formula is C14H25N3O4S. The van der Waals surface area contributed by atoms with Crippen LogP contribution >= 0.6 is 0 Å². The van der Waals surface area contributed by atoms with E-state index in [0.29, 0.717) is 45.4 Å². The van der Waals surface area contributed by atoms with E-state index in [1.807, 2.05) is 4.90 Å². The lowest BCUT2D eigenvalue weighted by atomic mass is 9.97. The number of sulfonamides is 1. The summed E-state index contributed by atoms with van der Waals surface area (Å²) < 4.78 is 24.3. The molecule has 0 aliphatic carbocycles. The molecule has 2 rings (SSSR count). The maximum atomic E-state index is 12.1. The van der Waals surface area contributed by atoms with Crippen LogP contribution in [-0.2, 0) is 19.6 Å². The van der Waals surface area contributed by atoms with Gasteiger partial charge in [-0.25, -0.2) is 12.7 Å². The lowest BCUT2D eigenvalue weighted by Gasteiger charge is -2.29. The molecule has 0 radical (unpaired) electrons. The van der Waals surface area contributed by atoms with Gasteiger partial charge in [-0.3, -0.25) is 9.59 Å². The van der Waals surface area contributed by atoms with Crippen molar-refractivity contribution in [3.05, 3.63) is 0 Å². The van der Waals surface area contributed by atoms with Gasteiger partial charge in [0.2, 0.25) is 21.8 Å². The van der Waals surface area contributed by atoms with Crippen molar-refractivity contribution in [2.24, 2.45) is 5.92 Å². The van der Waals surface area contributed by atoms with Crippen molar-refractivity contribution < 1.29 is 18.0 Å². The highest BCUT2D eigenvalue weighted by Gasteiger charge is 2.28. The van der Waals surface area contributed by atoms with Gasteiger partial charge in [-0.1, -0.05) is 0 Å². The van der Waals surface area contributed by atoms with Crippen LogP contribution in [0.3, 0.4) is 0 Å². The van der Waals surface area contributed by atoms with Crippen LogP contribution in [0.25, 0.3) is 0 Å². The van der Waals surface area contributed by atoms with Crippen LogP contribution < -0.4 is 5.32 Å². The topological polar surface area (TPSA) is 86.8 Å². The lowest BCUT2D eigenvalue weighted by Crippen LogP contribution is -2.43. The second kappa shape index (κ2) is 7.41. The molecule has 2 amide bonds. The van der Waals surface area contributed by atoms with E-state index in [-0.39, 0.29) is 17.7 Å². The van der Waals surface area contributed by atoms with E-state index in [1.54, 1.807) is 0 Å². The van der Waals surface area contributed by atoms with Gasteiger partial charge in [-0.2, -0.15) is 0 Å². The fourth-order valence-corrected chi connectivity index (χ4v) is 3.89. The van der Waals surface area contributed by atoms with Crippen LogP contribution in [0.4, 0.5) is 0 Å². The Morgan fingerprint density at radius 3 is 2.50 bits per heavy atom. The Morgan fingerprint density at radius 1 is 1.27 bits per heavy atom. The van der Waals surface area contributed by atoms with E-state index in [2.05, 4.69) is 5.32 Å². The van der Waals surface area contributed by atoms with Crippen molar-refractivity contribution in [2.45, 2.75) is 32.1 Å². The number of carbonyl (C=O) groups excluding carboxylic acids is 2. The summed E-state index contributed by atoms with van der Waals surface area (Å²) in [5.74, 6) is 0.104. The molecule has 0 spiro atoms. The van der Waals surface area contributed by atoms with Crippen molar-refractivity contribution in [3.63, 3.8) is 0 Å². The first kappa shape index (κ1) is 17.2. The summed E-state index contributed by atoms with van der Waals surface area (Å²) in [6.45, 7) is 2.93. The van der Waals surface area contributed by atoms with Crippen LogP contribution in [0.15, 0.2) is 0 Å². The Bertz CT molecular complexity index is 512. The molecule has 2 aliphatic heterocycles. The molecule has 8 heteroatoms. The zero-order chi connectivity index (χ0) is 16.2. The summed E-state index contributed by atoms with van der Waals surface area (Å²) in [6, 6.07) is 0. The summed E-state index contributed by atoms with van der Waals surface area (Å²) in [4.78, 5) is 25.3. The average Bonchev–Trinajstić information content (AvgIpc) is 2.88. The predicted octanol–water partition coefficient (Wildman–Crippen LogP) is -0.213. The maximum absolute atomic E-state index is 12.1. The smallest absolute Gasteiger partial charge is 0.223 e. The molecule has 2 saturated heterocycles. The number of likely N-dealkylation sites (tertiary alicyclic amines) is 1. The van der Waals surface area contributed by atoms with Gasteiger partial charge in [0.1, 0.15) is 0 Å². The van der Waals surface area contributed by atoms with Crippen LogP contribution in [0.1, 0.15) is 32.1 Å². The van der Waals surface area contributed by atoms with Crippen molar-refractivity contribution in [3.8, 4) is 0 Å². The first-order valence-corrected chi connectivity index (χ1v) is 9.73. The van der Waals surface area contributed by atoms with E-state index in [0.717, 1.165) is 19.4 Å². The molecule has 2 heterocycles. The summed E-state index contributed by atoms with van der Waals surface area (Å²) in [5, 5.41) is 2.90. The van der Waals surface area contributed by atoms with Crippen molar-refractivity contribution >= 4 is 21.8 Å². The van der Waals surface area contributed by atoms with E-state index < -0.39 is 10.0 Å². The largest absolute Gasteiger partial charge is 0.356 e. The molecule has 1 N–H and O–H groups in total. The Balaban J connectivity index is 1.63. The highest BCUT2D eigenvalue weighted by molar-refractivity contribution is 7.88. The number of nitrogens with zero attached hydrogens (tertiary/aromatic N) is 2. The molecule has 0 saturated carbocycles. The summed E-state index contributed by atoms with van der Waals surface area (Å²) >= 11 is 0.